The zero-order valence-corrected chi connectivity index (χ0v) is 14.7. The maximum Gasteiger partial charge on any atom is 0.327 e. The van der Waals surface area contributed by atoms with Gasteiger partial charge in [-0.2, -0.15) is 5.10 Å². The Morgan fingerprint density at radius 3 is 2.48 bits per heavy atom. The molecule has 0 aliphatic carbocycles. The standard InChI is InChI=1S/C16H18Cl2N2O3/c1-4-23-15(21)9-20-16(22-3)14(10(2)19-20)7-11-5-12(17)8-13(18)6-11/h5-6,8H,4,7,9H2,1-3H3. The summed E-state index contributed by atoms with van der Waals surface area (Å²) in [5, 5.41) is 5.51. The van der Waals surface area contributed by atoms with Crippen molar-refractivity contribution >= 4 is 29.2 Å². The third-order valence-electron chi connectivity index (χ3n) is 3.28. The molecule has 0 fully saturated rings. The molecular formula is C16H18Cl2N2O3. The number of ether oxygens (including phenoxy) is 2. The monoisotopic (exact) mass is 356 g/mol. The van der Waals surface area contributed by atoms with E-state index in [1.54, 1.807) is 20.1 Å². The molecule has 0 atom stereocenters. The van der Waals surface area contributed by atoms with Gasteiger partial charge in [-0.1, -0.05) is 23.2 Å². The Hall–Kier alpha value is -1.72. The van der Waals surface area contributed by atoms with E-state index in [2.05, 4.69) is 5.10 Å². The van der Waals surface area contributed by atoms with Gasteiger partial charge in [-0.15, -0.1) is 0 Å². The molecule has 0 saturated heterocycles. The summed E-state index contributed by atoms with van der Waals surface area (Å²) in [6.07, 6.45) is 0.554. The van der Waals surface area contributed by atoms with Crippen LogP contribution in [0.3, 0.4) is 0 Å². The second kappa shape index (κ2) is 7.70. The molecule has 124 valence electrons. The van der Waals surface area contributed by atoms with Gasteiger partial charge in [0.1, 0.15) is 6.54 Å². The lowest BCUT2D eigenvalue weighted by molar-refractivity contribution is -0.144. The van der Waals surface area contributed by atoms with Crippen molar-refractivity contribution in [1.29, 1.82) is 0 Å². The van der Waals surface area contributed by atoms with Crippen molar-refractivity contribution < 1.29 is 14.3 Å². The highest BCUT2D eigenvalue weighted by Gasteiger charge is 2.19. The molecule has 0 spiro atoms. The molecule has 1 aromatic carbocycles. The molecule has 7 heteroatoms. The molecule has 0 aliphatic heterocycles. The summed E-state index contributed by atoms with van der Waals surface area (Å²) in [5.74, 6) is 0.178. The van der Waals surface area contributed by atoms with E-state index in [0.29, 0.717) is 29.0 Å². The number of hydrogen-bond acceptors (Lipinski definition) is 4. The summed E-state index contributed by atoms with van der Waals surface area (Å²) in [7, 11) is 1.55. The predicted octanol–water partition coefficient (Wildman–Crippen LogP) is 3.66. The summed E-state index contributed by atoms with van der Waals surface area (Å²) in [5.41, 5.74) is 2.61. The zero-order valence-electron chi connectivity index (χ0n) is 13.2. The van der Waals surface area contributed by atoms with E-state index >= 15 is 0 Å². The number of aromatic nitrogens is 2. The number of aryl methyl sites for hydroxylation is 1. The van der Waals surface area contributed by atoms with Crippen LogP contribution in [0.5, 0.6) is 5.88 Å². The first-order valence-corrected chi connectivity index (χ1v) is 7.91. The van der Waals surface area contributed by atoms with E-state index in [-0.39, 0.29) is 12.5 Å². The average molecular weight is 357 g/mol. The highest BCUT2D eigenvalue weighted by molar-refractivity contribution is 6.34. The van der Waals surface area contributed by atoms with Crippen molar-refractivity contribution in [2.45, 2.75) is 26.8 Å². The number of carbonyl (C=O) groups is 1. The Morgan fingerprint density at radius 1 is 1.26 bits per heavy atom. The quantitative estimate of drug-likeness (QED) is 0.741. The summed E-state index contributed by atoms with van der Waals surface area (Å²) < 4.78 is 11.9. The van der Waals surface area contributed by atoms with Crippen molar-refractivity contribution in [3.8, 4) is 5.88 Å². The molecule has 23 heavy (non-hydrogen) atoms. The molecule has 5 nitrogen and oxygen atoms in total. The van der Waals surface area contributed by atoms with Crippen LogP contribution in [0.25, 0.3) is 0 Å². The van der Waals surface area contributed by atoms with Crippen molar-refractivity contribution in [2.24, 2.45) is 0 Å². The first-order chi connectivity index (χ1) is 10.9. The minimum Gasteiger partial charge on any atom is -0.481 e. The van der Waals surface area contributed by atoms with Crippen LogP contribution in [0.4, 0.5) is 0 Å². The number of benzene rings is 1. The number of rotatable bonds is 6. The van der Waals surface area contributed by atoms with Gasteiger partial charge in [-0.05, 0) is 37.6 Å². The van der Waals surface area contributed by atoms with Gasteiger partial charge >= 0.3 is 5.97 Å². The fourth-order valence-electron chi connectivity index (χ4n) is 2.38. The van der Waals surface area contributed by atoms with E-state index in [4.69, 9.17) is 32.7 Å². The lowest BCUT2D eigenvalue weighted by Gasteiger charge is -2.08. The Morgan fingerprint density at radius 2 is 1.91 bits per heavy atom. The van der Waals surface area contributed by atoms with Gasteiger partial charge in [-0.25, -0.2) is 4.68 Å². The molecule has 2 rings (SSSR count). The number of methoxy groups -OCH3 is 1. The normalized spacial score (nSPS) is 10.7. The van der Waals surface area contributed by atoms with Crippen LogP contribution in [-0.4, -0.2) is 29.5 Å². The van der Waals surface area contributed by atoms with Crippen LogP contribution >= 0.6 is 23.2 Å². The number of halogens is 2. The second-order valence-electron chi connectivity index (χ2n) is 4.99. The second-order valence-corrected chi connectivity index (χ2v) is 5.86. The van der Waals surface area contributed by atoms with Gasteiger partial charge in [0.25, 0.3) is 0 Å². The van der Waals surface area contributed by atoms with Crippen LogP contribution in [0.1, 0.15) is 23.7 Å². The third-order valence-corrected chi connectivity index (χ3v) is 3.72. The molecule has 1 aromatic heterocycles. The van der Waals surface area contributed by atoms with Crippen LogP contribution in [0.2, 0.25) is 10.0 Å². The van der Waals surface area contributed by atoms with Gasteiger partial charge in [0.05, 0.1) is 19.4 Å². The first-order valence-electron chi connectivity index (χ1n) is 7.15. The van der Waals surface area contributed by atoms with Crippen LogP contribution < -0.4 is 4.74 Å². The molecule has 0 N–H and O–H groups in total. The molecule has 0 unspecified atom stereocenters. The molecule has 2 aromatic rings. The van der Waals surface area contributed by atoms with Crippen molar-refractivity contribution in [3.63, 3.8) is 0 Å². The molecule has 0 aliphatic rings. The van der Waals surface area contributed by atoms with E-state index in [9.17, 15) is 4.79 Å². The summed E-state index contributed by atoms with van der Waals surface area (Å²) in [6.45, 7) is 3.97. The van der Waals surface area contributed by atoms with Crippen molar-refractivity contribution in [3.05, 3.63) is 45.1 Å². The fourth-order valence-corrected chi connectivity index (χ4v) is 2.95. The minimum atomic E-state index is -0.356. The highest BCUT2D eigenvalue weighted by atomic mass is 35.5. The molecule has 1 heterocycles. The van der Waals surface area contributed by atoms with Crippen molar-refractivity contribution in [2.75, 3.05) is 13.7 Å². The van der Waals surface area contributed by atoms with Gasteiger partial charge in [0, 0.05) is 22.0 Å². The van der Waals surface area contributed by atoms with Gasteiger partial charge < -0.3 is 9.47 Å². The number of carbonyl (C=O) groups excluding carboxylic acids is 1. The van der Waals surface area contributed by atoms with Gasteiger partial charge in [0.2, 0.25) is 5.88 Å². The smallest absolute Gasteiger partial charge is 0.327 e. The summed E-state index contributed by atoms with van der Waals surface area (Å²) in [4.78, 5) is 11.7. The van der Waals surface area contributed by atoms with Crippen LogP contribution in [-0.2, 0) is 22.5 Å². The average Bonchev–Trinajstić information content (AvgIpc) is 2.73. The number of hydrogen-bond donors (Lipinski definition) is 0. The van der Waals surface area contributed by atoms with E-state index < -0.39 is 0 Å². The van der Waals surface area contributed by atoms with E-state index in [0.717, 1.165) is 16.8 Å². The van der Waals surface area contributed by atoms with Gasteiger partial charge in [-0.3, -0.25) is 4.79 Å². The maximum absolute atomic E-state index is 11.7. The molecule has 0 amide bonds. The molecule has 0 saturated carbocycles. The fraction of sp³-hybridized carbons (Fsp3) is 0.375. The van der Waals surface area contributed by atoms with Gasteiger partial charge in [0.15, 0.2) is 0 Å². The Bertz CT molecular complexity index is 693. The largest absolute Gasteiger partial charge is 0.481 e. The summed E-state index contributed by atoms with van der Waals surface area (Å²) in [6, 6.07) is 5.37. The molecular weight excluding hydrogens is 339 g/mol. The van der Waals surface area contributed by atoms with Crippen LogP contribution in [0, 0.1) is 6.92 Å². The van der Waals surface area contributed by atoms with E-state index in [1.165, 1.54) is 4.68 Å². The third kappa shape index (κ3) is 4.39. The molecule has 0 radical (unpaired) electrons. The first kappa shape index (κ1) is 17.6. The predicted molar refractivity (Wildman–Crippen MR) is 89.4 cm³/mol. The van der Waals surface area contributed by atoms with E-state index in [1.807, 2.05) is 19.1 Å². The Labute approximate surface area is 145 Å². The minimum absolute atomic E-state index is 0.00809. The SMILES string of the molecule is CCOC(=O)Cn1nc(C)c(Cc2cc(Cl)cc(Cl)c2)c1OC. The van der Waals surface area contributed by atoms with Crippen molar-refractivity contribution in [1.82, 2.24) is 9.78 Å². The molecule has 0 bridgehead atoms. The Balaban J connectivity index is 2.31. The highest BCUT2D eigenvalue weighted by Crippen LogP contribution is 2.27. The zero-order chi connectivity index (χ0) is 17.0. The maximum atomic E-state index is 11.7. The lowest BCUT2D eigenvalue weighted by Crippen LogP contribution is -2.15. The van der Waals surface area contributed by atoms with Crippen LogP contribution in [0.15, 0.2) is 18.2 Å². The lowest BCUT2D eigenvalue weighted by atomic mass is 10.1. The summed E-state index contributed by atoms with van der Waals surface area (Å²) >= 11 is 12.1. The number of esters is 1. The Kier molecular flexibility index (Phi) is 5.91. The number of nitrogens with zero attached hydrogens (tertiary/aromatic N) is 2. The topological polar surface area (TPSA) is 53.4 Å².